The Morgan fingerprint density at radius 2 is 2.07 bits per heavy atom. The molecule has 0 aromatic rings. The molecule has 1 aliphatic rings. The van der Waals surface area contributed by atoms with Crippen LogP contribution in [0.2, 0.25) is 0 Å². The van der Waals surface area contributed by atoms with Gasteiger partial charge in [0.15, 0.2) is 0 Å². The topological polar surface area (TPSA) is 69.6 Å². The lowest BCUT2D eigenvalue weighted by molar-refractivity contribution is -0.275. The smallest absolute Gasteiger partial charge is 0.254 e. The number of alkyl halides is 1. The summed E-state index contributed by atoms with van der Waals surface area (Å²) in [4.78, 5) is 0. The predicted octanol–water partition coefficient (Wildman–Crippen LogP) is 0.366. The van der Waals surface area contributed by atoms with Crippen molar-refractivity contribution in [3.63, 3.8) is 0 Å². The quantitative estimate of drug-likeness (QED) is 0.534. The Bertz CT molecular complexity index is 446. The minimum absolute atomic E-state index is 0.0188. The fourth-order valence-electron chi connectivity index (χ4n) is 0.963. The molecule has 0 aromatic heterocycles. The molecule has 0 fully saturated rings. The summed E-state index contributed by atoms with van der Waals surface area (Å²) in [6.07, 6.45) is 6.78. The predicted molar refractivity (Wildman–Crippen MR) is 58.3 cm³/mol. The zero-order valence-electron chi connectivity index (χ0n) is 7.76. The zero-order valence-corrected chi connectivity index (χ0v) is 9.33. The van der Waals surface area contributed by atoms with Crippen molar-refractivity contribution in [2.24, 2.45) is 4.40 Å². The van der Waals surface area contributed by atoms with Crippen LogP contribution in [-0.4, -0.2) is 25.8 Å². The van der Waals surface area contributed by atoms with Gasteiger partial charge in [0.1, 0.15) is 0 Å². The summed E-state index contributed by atoms with van der Waals surface area (Å²) < 4.78 is 26.1. The molecule has 0 radical (unpaired) electrons. The van der Waals surface area contributed by atoms with Crippen molar-refractivity contribution < 1.29 is 13.5 Å². The van der Waals surface area contributed by atoms with Gasteiger partial charge >= 0.3 is 0 Å². The Kier molecular flexibility index (Phi) is 4.11. The molecule has 0 bridgehead atoms. The first-order chi connectivity index (χ1) is 7.09. The maximum Gasteiger partial charge on any atom is 0.254 e. The molecule has 0 aliphatic heterocycles. The van der Waals surface area contributed by atoms with E-state index in [4.69, 9.17) is 11.6 Å². The van der Waals surface area contributed by atoms with Crippen LogP contribution >= 0.6 is 11.6 Å². The second-order valence-electron chi connectivity index (χ2n) is 2.74. The number of allylic oxidation sites excluding steroid dienone is 5. The molecule has 1 rings (SSSR count). The molecule has 0 saturated heterocycles. The Hall–Kier alpha value is -1.07. The summed E-state index contributed by atoms with van der Waals surface area (Å²) in [6, 6.07) is 0. The highest BCUT2D eigenvalue weighted by atomic mass is 35.5. The average molecular weight is 247 g/mol. The molecule has 0 amide bonds. The number of hydrogen-bond donors (Lipinski definition) is 0. The third kappa shape index (κ3) is 3.53. The van der Waals surface area contributed by atoms with Crippen LogP contribution in [0.1, 0.15) is 0 Å². The van der Waals surface area contributed by atoms with Gasteiger partial charge in [-0.05, 0) is 11.6 Å². The maximum atomic E-state index is 11.3. The number of halogens is 1. The van der Waals surface area contributed by atoms with Crippen LogP contribution in [0.25, 0.3) is 0 Å². The molecule has 0 unspecified atom stereocenters. The van der Waals surface area contributed by atoms with Gasteiger partial charge in [-0.2, -0.15) is 4.40 Å². The van der Waals surface area contributed by atoms with Crippen LogP contribution in [-0.2, 0) is 10.0 Å². The van der Waals surface area contributed by atoms with Crippen LogP contribution in [0.15, 0.2) is 40.5 Å². The van der Waals surface area contributed by atoms with Crippen LogP contribution in [0.5, 0.6) is 0 Å². The molecule has 82 valence electrons. The van der Waals surface area contributed by atoms with Crippen molar-refractivity contribution in [3.05, 3.63) is 36.1 Å². The summed E-state index contributed by atoms with van der Waals surface area (Å²) in [5.41, 5.74) is 0.397. The SMILES string of the molecule is O=S(=O)(CCCl)N=C1C=CC=CC1=C[O-]. The van der Waals surface area contributed by atoms with Gasteiger partial charge in [-0.25, -0.2) is 8.42 Å². The Balaban J connectivity index is 3.02. The lowest BCUT2D eigenvalue weighted by Gasteiger charge is -2.08. The van der Waals surface area contributed by atoms with Gasteiger partial charge in [0.25, 0.3) is 10.0 Å². The van der Waals surface area contributed by atoms with Gasteiger partial charge in [-0.1, -0.05) is 18.2 Å². The van der Waals surface area contributed by atoms with Crippen LogP contribution in [0.3, 0.4) is 0 Å². The van der Waals surface area contributed by atoms with E-state index in [0.29, 0.717) is 6.26 Å². The first-order valence-electron chi connectivity index (χ1n) is 4.15. The Morgan fingerprint density at radius 3 is 2.67 bits per heavy atom. The van der Waals surface area contributed by atoms with Crippen molar-refractivity contribution in [2.45, 2.75) is 0 Å². The van der Waals surface area contributed by atoms with E-state index in [1.807, 2.05) is 0 Å². The maximum absolute atomic E-state index is 11.3. The first-order valence-corrected chi connectivity index (χ1v) is 6.29. The molecule has 15 heavy (non-hydrogen) atoms. The first kappa shape index (κ1) is 12.0. The second kappa shape index (κ2) is 5.14. The molecule has 4 nitrogen and oxygen atoms in total. The Morgan fingerprint density at radius 1 is 1.40 bits per heavy atom. The highest BCUT2D eigenvalue weighted by Crippen LogP contribution is 2.09. The molecule has 0 spiro atoms. The number of hydrogen-bond acceptors (Lipinski definition) is 3. The van der Waals surface area contributed by atoms with E-state index < -0.39 is 10.0 Å². The standard InChI is InChI=1S/C9H10ClNO3S/c10-5-6-15(13,14)11-9-4-2-1-3-8(9)7-12/h1-4,7,12H,5-6H2/p-1. The molecular weight excluding hydrogens is 238 g/mol. The minimum atomic E-state index is -3.58. The van der Waals surface area contributed by atoms with Gasteiger partial charge in [0.2, 0.25) is 0 Å². The molecular formula is C9H9ClNO3S-. The summed E-state index contributed by atoms with van der Waals surface area (Å²) in [6.45, 7) is 0. The molecule has 1 aliphatic carbocycles. The highest BCUT2D eigenvalue weighted by Gasteiger charge is 2.10. The molecule has 0 aromatic carbocycles. The van der Waals surface area contributed by atoms with Crippen molar-refractivity contribution in [3.8, 4) is 0 Å². The third-order valence-electron chi connectivity index (χ3n) is 1.64. The molecule has 6 heteroatoms. The molecule has 0 saturated carbocycles. The normalized spacial score (nSPS) is 21.4. The average Bonchev–Trinajstić information content (AvgIpc) is 2.17. The van der Waals surface area contributed by atoms with Crippen molar-refractivity contribution in [1.29, 1.82) is 0 Å². The monoisotopic (exact) mass is 246 g/mol. The summed E-state index contributed by atoms with van der Waals surface area (Å²) in [5.74, 6) is -0.253. The zero-order chi connectivity index (χ0) is 11.3. The minimum Gasteiger partial charge on any atom is -0.877 e. The van der Waals surface area contributed by atoms with E-state index in [1.165, 1.54) is 12.2 Å². The van der Waals surface area contributed by atoms with Gasteiger partial charge < -0.3 is 5.11 Å². The van der Waals surface area contributed by atoms with E-state index in [0.717, 1.165) is 0 Å². The van der Waals surface area contributed by atoms with Crippen LogP contribution in [0, 0.1) is 0 Å². The van der Waals surface area contributed by atoms with Gasteiger partial charge in [0, 0.05) is 5.88 Å². The largest absolute Gasteiger partial charge is 0.877 e. The molecule has 0 heterocycles. The number of nitrogens with zero attached hydrogens (tertiary/aromatic N) is 1. The second-order valence-corrected chi connectivity index (χ2v) is 4.88. The third-order valence-corrected chi connectivity index (χ3v) is 3.24. The lowest BCUT2D eigenvalue weighted by atomic mass is 10.1. The van der Waals surface area contributed by atoms with Crippen molar-refractivity contribution in [1.82, 2.24) is 0 Å². The van der Waals surface area contributed by atoms with Crippen LogP contribution < -0.4 is 5.11 Å². The fraction of sp³-hybridized carbons (Fsp3) is 0.222. The van der Waals surface area contributed by atoms with E-state index >= 15 is 0 Å². The van der Waals surface area contributed by atoms with E-state index in [1.54, 1.807) is 12.2 Å². The highest BCUT2D eigenvalue weighted by molar-refractivity contribution is 7.90. The summed E-state index contributed by atoms with van der Waals surface area (Å²) >= 11 is 5.32. The number of sulfonamides is 1. The van der Waals surface area contributed by atoms with Crippen molar-refractivity contribution >= 4 is 27.3 Å². The Labute approximate surface area is 93.3 Å². The molecule has 0 atom stereocenters. The van der Waals surface area contributed by atoms with Gasteiger partial charge in [-0.3, -0.25) is 0 Å². The van der Waals surface area contributed by atoms with Crippen molar-refractivity contribution in [2.75, 3.05) is 11.6 Å². The van der Waals surface area contributed by atoms with Gasteiger partial charge in [-0.15, -0.1) is 17.9 Å². The van der Waals surface area contributed by atoms with E-state index in [9.17, 15) is 13.5 Å². The fourth-order valence-corrected chi connectivity index (χ4v) is 2.30. The summed E-state index contributed by atoms with van der Waals surface area (Å²) in [5, 5.41) is 10.6. The van der Waals surface area contributed by atoms with E-state index in [-0.39, 0.29) is 22.9 Å². The summed E-state index contributed by atoms with van der Waals surface area (Å²) in [7, 11) is -3.58. The lowest BCUT2D eigenvalue weighted by Crippen LogP contribution is -2.11. The number of rotatable bonds is 3. The van der Waals surface area contributed by atoms with Crippen LogP contribution in [0.4, 0.5) is 0 Å². The van der Waals surface area contributed by atoms with E-state index in [2.05, 4.69) is 4.40 Å². The molecule has 0 N–H and O–H groups in total. The van der Waals surface area contributed by atoms with Gasteiger partial charge in [0.05, 0.1) is 11.5 Å².